The van der Waals surface area contributed by atoms with Gasteiger partial charge < -0.3 is 10.1 Å². The minimum Gasteiger partial charge on any atom is -0.457 e. The number of halogens is 3. The predicted molar refractivity (Wildman–Crippen MR) is 104 cm³/mol. The van der Waals surface area contributed by atoms with E-state index in [1.54, 1.807) is 0 Å². The molecule has 1 fully saturated rings. The average molecular weight is 402 g/mol. The molecule has 0 aliphatic heterocycles. The quantitative estimate of drug-likeness (QED) is 0.550. The largest absolute Gasteiger partial charge is 0.457 e. The van der Waals surface area contributed by atoms with Crippen molar-refractivity contribution in [3.05, 3.63) is 76.2 Å². The summed E-state index contributed by atoms with van der Waals surface area (Å²) in [4.78, 5) is 9.03. The lowest BCUT2D eigenvalue weighted by atomic mass is 10.2. The molecule has 1 saturated carbocycles. The molecule has 4 nitrogen and oxygen atoms in total. The standard InChI is InChI=1S/C21H18ClF2N3O/c1-12-8-20(27-21(26-12)13-2-3-13)25-11-14-9-15(23)4-7-19(14)28-16-5-6-18(24)17(22)10-16/h4-10,13H,2-3,11H2,1H3,(H,25,26,27). The Bertz CT molecular complexity index is 1020. The zero-order valence-electron chi connectivity index (χ0n) is 15.2. The molecule has 1 aromatic heterocycles. The van der Waals surface area contributed by atoms with Crippen LogP contribution in [-0.4, -0.2) is 9.97 Å². The van der Waals surface area contributed by atoms with Gasteiger partial charge in [-0.25, -0.2) is 18.7 Å². The summed E-state index contributed by atoms with van der Waals surface area (Å²) < 4.78 is 32.9. The topological polar surface area (TPSA) is 47.0 Å². The predicted octanol–water partition coefficient (Wildman–Crippen LogP) is 6.00. The third-order valence-electron chi connectivity index (χ3n) is 4.42. The van der Waals surface area contributed by atoms with Crippen LogP contribution in [-0.2, 0) is 6.54 Å². The highest BCUT2D eigenvalue weighted by Gasteiger charge is 2.27. The summed E-state index contributed by atoms with van der Waals surface area (Å²) in [5.41, 5.74) is 1.49. The fourth-order valence-electron chi connectivity index (χ4n) is 2.85. The molecule has 0 saturated heterocycles. The van der Waals surface area contributed by atoms with Gasteiger partial charge in [0.15, 0.2) is 0 Å². The number of ether oxygens (including phenoxy) is 1. The molecule has 0 unspecified atom stereocenters. The monoisotopic (exact) mass is 401 g/mol. The Balaban J connectivity index is 1.54. The third-order valence-corrected chi connectivity index (χ3v) is 4.71. The van der Waals surface area contributed by atoms with Gasteiger partial charge in [-0.05, 0) is 50.1 Å². The van der Waals surface area contributed by atoms with Crippen molar-refractivity contribution < 1.29 is 13.5 Å². The van der Waals surface area contributed by atoms with E-state index in [9.17, 15) is 8.78 Å². The van der Waals surface area contributed by atoms with Gasteiger partial charge in [-0.15, -0.1) is 0 Å². The summed E-state index contributed by atoms with van der Waals surface area (Å²) in [6.45, 7) is 2.23. The molecule has 0 atom stereocenters. The average Bonchev–Trinajstić information content (AvgIpc) is 3.50. The van der Waals surface area contributed by atoms with E-state index in [4.69, 9.17) is 16.3 Å². The van der Waals surface area contributed by atoms with E-state index in [0.717, 1.165) is 24.4 Å². The van der Waals surface area contributed by atoms with Crippen LogP contribution in [0.2, 0.25) is 5.02 Å². The zero-order valence-corrected chi connectivity index (χ0v) is 15.9. The molecule has 2 aromatic carbocycles. The van der Waals surface area contributed by atoms with Crippen molar-refractivity contribution in [3.63, 3.8) is 0 Å². The fourth-order valence-corrected chi connectivity index (χ4v) is 3.02. The number of anilines is 1. The number of nitrogens with zero attached hydrogens (tertiary/aromatic N) is 2. The molecule has 0 amide bonds. The Hall–Kier alpha value is -2.73. The molecule has 0 bridgehead atoms. The lowest BCUT2D eigenvalue weighted by Gasteiger charge is -2.13. The van der Waals surface area contributed by atoms with Gasteiger partial charge in [0.25, 0.3) is 0 Å². The van der Waals surface area contributed by atoms with Gasteiger partial charge in [0.1, 0.15) is 34.8 Å². The minimum atomic E-state index is -0.527. The van der Waals surface area contributed by atoms with Crippen LogP contribution < -0.4 is 10.1 Å². The van der Waals surface area contributed by atoms with E-state index in [0.29, 0.717) is 35.3 Å². The normalized spacial score (nSPS) is 13.4. The van der Waals surface area contributed by atoms with Gasteiger partial charge in [-0.2, -0.15) is 0 Å². The summed E-state index contributed by atoms with van der Waals surface area (Å²) >= 11 is 5.80. The fraction of sp³-hybridized carbons (Fsp3) is 0.238. The molecule has 1 aliphatic carbocycles. The highest BCUT2D eigenvalue weighted by molar-refractivity contribution is 6.30. The summed E-state index contributed by atoms with van der Waals surface area (Å²) in [6, 6.07) is 10.2. The number of nitrogens with one attached hydrogen (secondary N) is 1. The smallest absolute Gasteiger partial charge is 0.142 e. The summed E-state index contributed by atoms with van der Waals surface area (Å²) in [6.07, 6.45) is 2.23. The summed E-state index contributed by atoms with van der Waals surface area (Å²) in [5.74, 6) is 1.89. The maximum atomic E-state index is 13.8. The van der Waals surface area contributed by atoms with Gasteiger partial charge in [-0.1, -0.05) is 11.6 Å². The SMILES string of the molecule is Cc1cc(NCc2cc(F)ccc2Oc2ccc(F)c(Cl)c2)nc(C2CC2)n1. The molecule has 0 radical (unpaired) electrons. The van der Waals surface area contributed by atoms with Crippen LogP contribution in [0.25, 0.3) is 0 Å². The van der Waals surface area contributed by atoms with Crippen molar-refractivity contribution in [2.45, 2.75) is 32.2 Å². The van der Waals surface area contributed by atoms with Gasteiger partial charge in [-0.3, -0.25) is 0 Å². The lowest BCUT2D eigenvalue weighted by Crippen LogP contribution is -2.06. The molecule has 1 N–H and O–H groups in total. The third kappa shape index (κ3) is 4.39. The Labute approximate surface area is 166 Å². The van der Waals surface area contributed by atoms with Crippen LogP contribution in [0.4, 0.5) is 14.6 Å². The molecule has 144 valence electrons. The second-order valence-electron chi connectivity index (χ2n) is 6.81. The molecule has 4 rings (SSSR count). The molecular weight excluding hydrogens is 384 g/mol. The number of rotatable bonds is 6. The molecule has 1 heterocycles. The van der Waals surface area contributed by atoms with Crippen LogP contribution in [0, 0.1) is 18.6 Å². The second-order valence-corrected chi connectivity index (χ2v) is 7.22. The Morgan fingerprint density at radius 2 is 1.93 bits per heavy atom. The van der Waals surface area contributed by atoms with Gasteiger partial charge in [0.05, 0.1) is 5.02 Å². The lowest BCUT2D eigenvalue weighted by molar-refractivity contribution is 0.472. The van der Waals surface area contributed by atoms with Crippen LogP contribution in [0.1, 0.15) is 35.8 Å². The van der Waals surface area contributed by atoms with Crippen molar-refractivity contribution in [1.29, 1.82) is 0 Å². The van der Waals surface area contributed by atoms with Crippen molar-refractivity contribution in [2.24, 2.45) is 0 Å². The first-order valence-electron chi connectivity index (χ1n) is 8.99. The molecule has 7 heteroatoms. The number of hydrogen-bond acceptors (Lipinski definition) is 4. The van der Waals surface area contributed by atoms with Gasteiger partial charge in [0, 0.05) is 35.9 Å². The first-order valence-corrected chi connectivity index (χ1v) is 9.36. The van der Waals surface area contributed by atoms with Gasteiger partial charge in [0.2, 0.25) is 0 Å². The first kappa shape index (κ1) is 18.6. The molecular formula is C21H18ClF2N3O. The van der Waals surface area contributed by atoms with Crippen LogP contribution in [0.15, 0.2) is 42.5 Å². The maximum Gasteiger partial charge on any atom is 0.142 e. The molecule has 3 aromatic rings. The maximum absolute atomic E-state index is 13.8. The number of aromatic nitrogens is 2. The molecule has 1 aliphatic rings. The zero-order chi connectivity index (χ0) is 19.7. The number of aryl methyl sites for hydroxylation is 1. The van der Waals surface area contributed by atoms with Crippen molar-refractivity contribution >= 4 is 17.4 Å². The number of benzene rings is 2. The van der Waals surface area contributed by atoms with Crippen molar-refractivity contribution in [3.8, 4) is 11.5 Å². The molecule has 0 spiro atoms. The Kier molecular flexibility index (Phi) is 5.13. The van der Waals surface area contributed by atoms with Crippen LogP contribution in [0.5, 0.6) is 11.5 Å². The van der Waals surface area contributed by atoms with E-state index < -0.39 is 5.82 Å². The van der Waals surface area contributed by atoms with Crippen LogP contribution >= 0.6 is 11.6 Å². The second kappa shape index (κ2) is 7.72. The first-order chi connectivity index (χ1) is 13.5. The minimum absolute atomic E-state index is 0.0386. The highest BCUT2D eigenvalue weighted by Crippen LogP contribution is 2.38. The van der Waals surface area contributed by atoms with E-state index >= 15 is 0 Å². The Morgan fingerprint density at radius 3 is 2.68 bits per heavy atom. The van der Waals surface area contributed by atoms with Gasteiger partial charge >= 0.3 is 0 Å². The van der Waals surface area contributed by atoms with E-state index in [-0.39, 0.29) is 10.8 Å². The van der Waals surface area contributed by atoms with E-state index in [1.165, 1.54) is 36.4 Å². The summed E-state index contributed by atoms with van der Waals surface area (Å²) in [7, 11) is 0. The van der Waals surface area contributed by atoms with E-state index in [2.05, 4.69) is 15.3 Å². The van der Waals surface area contributed by atoms with E-state index in [1.807, 2.05) is 13.0 Å². The highest BCUT2D eigenvalue weighted by atomic mass is 35.5. The molecule has 28 heavy (non-hydrogen) atoms. The van der Waals surface area contributed by atoms with Crippen molar-refractivity contribution in [2.75, 3.05) is 5.32 Å². The Morgan fingerprint density at radius 1 is 1.11 bits per heavy atom. The van der Waals surface area contributed by atoms with Crippen molar-refractivity contribution in [1.82, 2.24) is 9.97 Å². The number of hydrogen-bond donors (Lipinski definition) is 1. The summed E-state index contributed by atoms with van der Waals surface area (Å²) in [5, 5.41) is 3.18. The van der Waals surface area contributed by atoms with Crippen LogP contribution in [0.3, 0.4) is 0 Å².